The van der Waals surface area contributed by atoms with E-state index in [0.29, 0.717) is 12.2 Å². The van der Waals surface area contributed by atoms with Crippen LogP contribution in [0.25, 0.3) is 0 Å². The molecule has 2 heterocycles. The highest BCUT2D eigenvalue weighted by molar-refractivity contribution is 7.07. The van der Waals surface area contributed by atoms with Crippen molar-refractivity contribution in [3.63, 3.8) is 0 Å². The molecule has 1 atom stereocenters. The van der Waals surface area contributed by atoms with Crippen LogP contribution < -0.4 is 11.1 Å². The number of aliphatic hydroxyl groups excluding tert-OH is 1. The predicted molar refractivity (Wildman–Crippen MR) is 70.2 cm³/mol. The number of amides is 1. The van der Waals surface area contributed by atoms with Gasteiger partial charge < -0.3 is 16.2 Å². The zero-order valence-corrected chi connectivity index (χ0v) is 11.0. The minimum Gasteiger partial charge on any atom is -0.387 e. The molecule has 2 rings (SSSR count). The molecule has 102 valence electrons. The van der Waals surface area contributed by atoms with Gasteiger partial charge in [-0.15, -0.1) is 5.10 Å². The lowest BCUT2D eigenvalue weighted by molar-refractivity contribution is -0.122. The summed E-state index contributed by atoms with van der Waals surface area (Å²) >= 11 is 1.50. The number of aromatic nitrogens is 3. The van der Waals surface area contributed by atoms with Crippen LogP contribution in [0.5, 0.6) is 0 Å². The van der Waals surface area contributed by atoms with Crippen molar-refractivity contribution in [3.05, 3.63) is 34.3 Å². The van der Waals surface area contributed by atoms with Crippen LogP contribution >= 0.6 is 11.3 Å². The Morgan fingerprint density at radius 1 is 1.63 bits per heavy atom. The summed E-state index contributed by atoms with van der Waals surface area (Å²) in [6.45, 7) is 0.524. The van der Waals surface area contributed by atoms with Crippen molar-refractivity contribution in [2.24, 2.45) is 5.73 Å². The van der Waals surface area contributed by atoms with Gasteiger partial charge in [0.15, 0.2) is 0 Å². The Morgan fingerprint density at radius 3 is 3.11 bits per heavy atom. The molecule has 0 spiro atoms. The highest BCUT2D eigenvalue weighted by Gasteiger charge is 2.10. The predicted octanol–water partition coefficient (Wildman–Crippen LogP) is -0.352. The van der Waals surface area contributed by atoms with Gasteiger partial charge in [-0.1, -0.05) is 5.21 Å². The molecule has 0 saturated heterocycles. The molecule has 0 aliphatic heterocycles. The number of thiophene rings is 1. The largest absolute Gasteiger partial charge is 0.387 e. The monoisotopic (exact) mass is 281 g/mol. The second-order valence-electron chi connectivity index (χ2n) is 3.99. The fraction of sp³-hybridized carbons (Fsp3) is 0.364. The standard InChI is InChI=1S/C11H15N5O2S/c12-3-9-5-16(15-14-9)6-11(18)13-4-10(17)8-1-2-19-7-8/h1-2,5,7,10,17H,3-4,6,12H2,(H,13,18). The first-order chi connectivity index (χ1) is 9.19. The van der Waals surface area contributed by atoms with Crippen molar-refractivity contribution in [1.29, 1.82) is 0 Å². The van der Waals surface area contributed by atoms with E-state index < -0.39 is 6.10 Å². The number of rotatable bonds is 6. The number of hydrogen-bond donors (Lipinski definition) is 3. The van der Waals surface area contributed by atoms with E-state index in [4.69, 9.17) is 5.73 Å². The molecule has 7 nitrogen and oxygen atoms in total. The average molecular weight is 281 g/mol. The lowest BCUT2D eigenvalue weighted by Gasteiger charge is -2.10. The Hall–Kier alpha value is -1.77. The highest BCUT2D eigenvalue weighted by atomic mass is 32.1. The maximum absolute atomic E-state index is 11.6. The van der Waals surface area contributed by atoms with Crippen molar-refractivity contribution in [2.45, 2.75) is 19.2 Å². The fourth-order valence-corrected chi connectivity index (χ4v) is 2.21. The van der Waals surface area contributed by atoms with Crippen LogP contribution in [-0.2, 0) is 17.9 Å². The molecule has 0 radical (unpaired) electrons. The van der Waals surface area contributed by atoms with Crippen LogP contribution in [0.1, 0.15) is 17.4 Å². The summed E-state index contributed by atoms with van der Waals surface area (Å²) in [4.78, 5) is 11.6. The van der Waals surface area contributed by atoms with Crippen LogP contribution in [0.15, 0.2) is 23.0 Å². The normalized spacial score (nSPS) is 12.3. The minimum absolute atomic E-state index is 0.0589. The first-order valence-corrected chi connectivity index (χ1v) is 6.69. The van der Waals surface area contributed by atoms with Gasteiger partial charge in [0.05, 0.1) is 18.0 Å². The van der Waals surface area contributed by atoms with E-state index in [1.807, 2.05) is 16.8 Å². The summed E-state index contributed by atoms with van der Waals surface area (Å²) in [6.07, 6.45) is 0.931. The van der Waals surface area contributed by atoms with E-state index in [0.717, 1.165) is 5.56 Å². The summed E-state index contributed by atoms with van der Waals surface area (Å²) in [6, 6.07) is 1.83. The molecule has 19 heavy (non-hydrogen) atoms. The quantitative estimate of drug-likeness (QED) is 0.671. The Balaban J connectivity index is 1.78. The summed E-state index contributed by atoms with van der Waals surface area (Å²) in [5.74, 6) is -0.234. The van der Waals surface area contributed by atoms with Crippen LogP contribution in [0.2, 0.25) is 0 Å². The number of nitrogens with zero attached hydrogens (tertiary/aromatic N) is 3. The third-order valence-electron chi connectivity index (χ3n) is 2.52. The van der Waals surface area contributed by atoms with Gasteiger partial charge >= 0.3 is 0 Å². The Morgan fingerprint density at radius 2 is 2.47 bits per heavy atom. The molecule has 1 amide bonds. The van der Waals surface area contributed by atoms with Gasteiger partial charge in [0.1, 0.15) is 6.54 Å². The van der Waals surface area contributed by atoms with Crippen LogP contribution in [-0.4, -0.2) is 32.6 Å². The smallest absolute Gasteiger partial charge is 0.241 e. The molecule has 1 unspecified atom stereocenters. The number of nitrogens with two attached hydrogens (primary N) is 1. The maximum atomic E-state index is 11.6. The minimum atomic E-state index is -0.689. The summed E-state index contributed by atoms with van der Waals surface area (Å²) in [5, 5.41) is 23.7. The zero-order chi connectivity index (χ0) is 13.7. The number of aliphatic hydroxyl groups is 1. The Bertz CT molecular complexity index is 525. The highest BCUT2D eigenvalue weighted by Crippen LogP contribution is 2.14. The second-order valence-corrected chi connectivity index (χ2v) is 4.77. The van der Waals surface area contributed by atoms with Crippen molar-refractivity contribution in [1.82, 2.24) is 20.3 Å². The van der Waals surface area contributed by atoms with Crippen LogP contribution in [0.3, 0.4) is 0 Å². The van der Waals surface area contributed by atoms with E-state index in [1.54, 1.807) is 6.20 Å². The summed E-state index contributed by atoms with van der Waals surface area (Å²) < 4.78 is 1.41. The third kappa shape index (κ3) is 3.85. The van der Waals surface area contributed by atoms with Crippen LogP contribution in [0.4, 0.5) is 0 Å². The van der Waals surface area contributed by atoms with E-state index in [-0.39, 0.29) is 19.0 Å². The van der Waals surface area contributed by atoms with Crippen LogP contribution in [0, 0.1) is 0 Å². The average Bonchev–Trinajstić information content (AvgIpc) is 3.06. The maximum Gasteiger partial charge on any atom is 0.241 e. The molecule has 4 N–H and O–H groups in total. The topological polar surface area (TPSA) is 106 Å². The van der Waals surface area contributed by atoms with Gasteiger partial charge in [-0.2, -0.15) is 11.3 Å². The molecular formula is C11H15N5O2S. The van der Waals surface area contributed by atoms with Gasteiger partial charge in [0.2, 0.25) is 5.91 Å². The van der Waals surface area contributed by atoms with Gasteiger partial charge in [-0.3, -0.25) is 4.79 Å². The van der Waals surface area contributed by atoms with E-state index in [1.165, 1.54) is 16.0 Å². The molecule has 8 heteroatoms. The van der Waals surface area contributed by atoms with Gasteiger partial charge in [0, 0.05) is 13.1 Å². The third-order valence-corrected chi connectivity index (χ3v) is 3.22. The van der Waals surface area contributed by atoms with E-state index >= 15 is 0 Å². The lowest BCUT2D eigenvalue weighted by atomic mass is 10.2. The number of carbonyl (C=O) groups is 1. The van der Waals surface area contributed by atoms with Crippen molar-refractivity contribution >= 4 is 17.2 Å². The molecule has 0 aliphatic carbocycles. The van der Waals surface area contributed by atoms with Gasteiger partial charge in [0.25, 0.3) is 0 Å². The van der Waals surface area contributed by atoms with E-state index in [9.17, 15) is 9.90 Å². The van der Waals surface area contributed by atoms with Gasteiger partial charge in [-0.25, -0.2) is 4.68 Å². The molecule has 0 aromatic carbocycles. The Labute approximate surface area is 114 Å². The molecule has 0 fully saturated rings. The molecule has 0 bridgehead atoms. The summed E-state index contributed by atoms with van der Waals surface area (Å²) in [5.41, 5.74) is 6.83. The first-order valence-electron chi connectivity index (χ1n) is 5.75. The molecular weight excluding hydrogens is 266 g/mol. The molecule has 2 aromatic heterocycles. The lowest BCUT2D eigenvalue weighted by Crippen LogP contribution is -2.31. The van der Waals surface area contributed by atoms with Crippen molar-refractivity contribution in [3.8, 4) is 0 Å². The zero-order valence-electron chi connectivity index (χ0n) is 10.2. The van der Waals surface area contributed by atoms with Gasteiger partial charge in [-0.05, 0) is 22.4 Å². The number of carbonyl (C=O) groups excluding carboxylic acids is 1. The Kier molecular flexibility index (Phi) is 4.61. The molecule has 0 saturated carbocycles. The first kappa shape index (κ1) is 13.7. The van der Waals surface area contributed by atoms with E-state index in [2.05, 4.69) is 15.6 Å². The fourth-order valence-electron chi connectivity index (χ4n) is 1.51. The number of nitrogens with one attached hydrogen (secondary N) is 1. The number of hydrogen-bond acceptors (Lipinski definition) is 6. The molecule has 0 aliphatic rings. The SMILES string of the molecule is NCc1cn(CC(=O)NCC(O)c2ccsc2)nn1. The van der Waals surface area contributed by atoms with Crippen molar-refractivity contribution in [2.75, 3.05) is 6.54 Å². The van der Waals surface area contributed by atoms with Crippen molar-refractivity contribution < 1.29 is 9.90 Å². The summed E-state index contributed by atoms with van der Waals surface area (Å²) in [7, 11) is 0. The second kappa shape index (κ2) is 6.41. The molecule has 2 aromatic rings.